The van der Waals surface area contributed by atoms with E-state index in [1.165, 1.54) is 26.2 Å². The van der Waals surface area contributed by atoms with E-state index in [9.17, 15) is 4.79 Å². The highest BCUT2D eigenvalue weighted by Crippen LogP contribution is 1.98. The molecule has 2 rings (SSSR count). The highest BCUT2D eigenvalue weighted by atomic mass is 16.2. The fraction of sp³-hybridized carbons (Fsp3) is 0.938. The largest absolute Gasteiger partial charge is 0.340 e. The van der Waals surface area contributed by atoms with Crippen LogP contribution in [0.5, 0.6) is 0 Å². The maximum Gasteiger partial charge on any atom is 0.219 e. The lowest BCUT2D eigenvalue weighted by Gasteiger charge is -2.31. The fourth-order valence-electron chi connectivity index (χ4n) is 2.03. The van der Waals surface area contributed by atoms with Gasteiger partial charge in [-0.2, -0.15) is 0 Å². The van der Waals surface area contributed by atoms with E-state index >= 15 is 0 Å². The Morgan fingerprint density at radius 1 is 0.619 bits per heavy atom. The summed E-state index contributed by atoms with van der Waals surface area (Å²) in [6, 6.07) is 0. The van der Waals surface area contributed by atoms with Gasteiger partial charge in [-0.1, -0.05) is 22.3 Å². The third kappa shape index (κ3) is 10.7. The second kappa shape index (κ2) is 13.0. The molecule has 2 aliphatic heterocycles. The average Bonchev–Trinajstić information content (AvgIpc) is 2.34. The molecule has 2 saturated heterocycles. The van der Waals surface area contributed by atoms with Crippen LogP contribution in [-0.2, 0) is 4.79 Å². The summed E-state index contributed by atoms with van der Waals surface area (Å²) in [7, 11) is 6.43. The van der Waals surface area contributed by atoms with Crippen molar-refractivity contribution in [3.63, 3.8) is 0 Å². The summed E-state index contributed by atoms with van der Waals surface area (Å²) in [4.78, 5) is 19.7. The van der Waals surface area contributed by atoms with Crippen LogP contribution in [0, 0.1) is 0 Å². The monoisotopic (exact) mass is 304 g/mol. The van der Waals surface area contributed by atoms with Gasteiger partial charge in [0.15, 0.2) is 0 Å². The maximum absolute atomic E-state index is 10.8. The van der Waals surface area contributed by atoms with Gasteiger partial charge in [-0.25, -0.2) is 0 Å². The molecule has 0 atom stereocenters. The van der Waals surface area contributed by atoms with Gasteiger partial charge in [0.25, 0.3) is 0 Å². The highest BCUT2D eigenvalue weighted by molar-refractivity contribution is 5.73. The Bertz CT molecular complexity index is 235. The first-order valence-electron chi connectivity index (χ1n) is 6.80. The van der Waals surface area contributed by atoms with Gasteiger partial charge in [-0.15, -0.1) is 0 Å². The molecule has 0 saturated carbocycles. The van der Waals surface area contributed by atoms with E-state index in [0.717, 1.165) is 26.2 Å². The summed E-state index contributed by atoms with van der Waals surface area (Å²) in [5.41, 5.74) is 0. The smallest absolute Gasteiger partial charge is 0.219 e. The summed E-state index contributed by atoms with van der Waals surface area (Å²) in [6.45, 7) is 10.4. The van der Waals surface area contributed by atoms with Crippen molar-refractivity contribution >= 4 is 5.91 Å². The van der Waals surface area contributed by atoms with Crippen LogP contribution in [0.1, 0.15) is 29.2 Å². The van der Waals surface area contributed by atoms with E-state index in [-0.39, 0.29) is 28.2 Å². The number of hydrogen-bond acceptors (Lipinski definition) is 4. The molecule has 0 radical (unpaired) electrons. The van der Waals surface area contributed by atoms with Gasteiger partial charge in [0.1, 0.15) is 0 Å². The molecular weight excluding hydrogens is 264 g/mol. The number of nitrogens with zero attached hydrogens (tertiary/aromatic N) is 4. The van der Waals surface area contributed by atoms with Crippen molar-refractivity contribution in [3.05, 3.63) is 0 Å². The Labute approximate surface area is 133 Å². The van der Waals surface area contributed by atoms with Crippen LogP contribution in [-0.4, -0.2) is 99.0 Å². The van der Waals surface area contributed by atoms with Crippen molar-refractivity contribution in [1.29, 1.82) is 0 Å². The molecule has 0 aromatic carbocycles. The van der Waals surface area contributed by atoms with Crippen molar-refractivity contribution < 1.29 is 4.79 Å². The Kier molecular flexibility index (Phi) is 15.7. The van der Waals surface area contributed by atoms with E-state index in [1.807, 2.05) is 4.90 Å². The number of piperazine rings is 2. The van der Waals surface area contributed by atoms with Crippen LogP contribution >= 0.6 is 0 Å². The third-order valence-corrected chi connectivity index (χ3v) is 3.68. The molecule has 0 aliphatic carbocycles. The molecule has 0 N–H and O–H groups in total. The predicted octanol–water partition coefficient (Wildman–Crippen LogP) is 1.55. The summed E-state index contributed by atoms with van der Waals surface area (Å²) >= 11 is 0. The van der Waals surface area contributed by atoms with Crippen molar-refractivity contribution in [3.8, 4) is 0 Å². The zero-order valence-corrected chi connectivity index (χ0v) is 12.4. The Balaban J connectivity index is -0.000000274. The molecule has 0 spiro atoms. The van der Waals surface area contributed by atoms with Gasteiger partial charge < -0.3 is 19.6 Å². The molecule has 5 nitrogen and oxygen atoms in total. The fourth-order valence-corrected chi connectivity index (χ4v) is 2.03. The summed E-state index contributed by atoms with van der Waals surface area (Å²) in [5.74, 6) is 0.202. The van der Waals surface area contributed by atoms with E-state index < -0.39 is 0 Å². The lowest BCUT2D eigenvalue weighted by molar-refractivity contribution is -0.130. The van der Waals surface area contributed by atoms with Crippen LogP contribution < -0.4 is 0 Å². The molecule has 1 amide bonds. The minimum atomic E-state index is 0. The minimum Gasteiger partial charge on any atom is -0.340 e. The van der Waals surface area contributed by atoms with E-state index in [1.54, 1.807) is 6.92 Å². The number of likely N-dealkylation sites (N-methyl/N-ethyl adjacent to an activating group) is 3. The van der Waals surface area contributed by atoms with Crippen LogP contribution in [0.15, 0.2) is 0 Å². The summed E-state index contributed by atoms with van der Waals surface area (Å²) < 4.78 is 0. The first-order chi connectivity index (χ1) is 8.49. The molecule has 2 aliphatic rings. The van der Waals surface area contributed by atoms with E-state index in [4.69, 9.17) is 0 Å². The molecule has 5 heteroatoms. The normalized spacial score (nSPS) is 20.1. The topological polar surface area (TPSA) is 30.0 Å². The average molecular weight is 305 g/mol. The van der Waals surface area contributed by atoms with Crippen molar-refractivity contribution in [2.75, 3.05) is 73.5 Å². The Morgan fingerprint density at radius 2 is 0.857 bits per heavy atom. The van der Waals surface area contributed by atoms with Crippen LogP contribution in [0.4, 0.5) is 0 Å². The molecule has 0 bridgehead atoms. The second-order valence-corrected chi connectivity index (χ2v) is 5.42. The van der Waals surface area contributed by atoms with Gasteiger partial charge in [0, 0.05) is 59.3 Å². The number of hydrogen-bond donors (Lipinski definition) is 0. The molecule has 0 unspecified atom stereocenters. The van der Waals surface area contributed by atoms with Gasteiger partial charge >= 0.3 is 0 Å². The van der Waals surface area contributed by atoms with Crippen molar-refractivity contribution in [2.45, 2.75) is 29.2 Å². The number of carbonyl (C=O) groups is 1. The molecule has 0 aromatic rings. The Morgan fingerprint density at radius 3 is 1.10 bits per heavy atom. The summed E-state index contributed by atoms with van der Waals surface area (Å²) in [6.07, 6.45) is 0. The molecule has 2 heterocycles. The van der Waals surface area contributed by atoms with Crippen molar-refractivity contribution in [1.82, 2.24) is 19.6 Å². The molecule has 2 fully saturated rings. The number of carbonyl (C=O) groups excluding carboxylic acids is 1. The SMILES string of the molecule is C.C.C.CC(=O)N1CCN(C)CC1.CN1CCN(C)CC1. The van der Waals surface area contributed by atoms with E-state index in [2.05, 4.69) is 35.8 Å². The molecular formula is C16H40N4O. The summed E-state index contributed by atoms with van der Waals surface area (Å²) in [5, 5.41) is 0. The predicted molar refractivity (Wildman–Crippen MR) is 94.9 cm³/mol. The first-order valence-corrected chi connectivity index (χ1v) is 6.80. The number of amides is 1. The molecule has 0 aromatic heterocycles. The zero-order chi connectivity index (χ0) is 13.5. The quantitative estimate of drug-likeness (QED) is 0.679. The standard InChI is InChI=1S/C7H14N2O.C6H14N2.3CH4/c1-7(10)9-5-3-8(2)4-6-9;1-7-3-5-8(2)6-4-7;;;/h3-6H2,1-2H3;3-6H2,1-2H3;3*1H4. The molecule has 21 heavy (non-hydrogen) atoms. The van der Waals surface area contributed by atoms with Crippen LogP contribution in [0.3, 0.4) is 0 Å². The highest BCUT2D eigenvalue weighted by Gasteiger charge is 2.14. The maximum atomic E-state index is 10.8. The minimum absolute atomic E-state index is 0. The van der Waals surface area contributed by atoms with Gasteiger partial charge in [-0.3, -0.25) is 4.79 Å². The lowest BCUT2D eigenvalue weighted by Crippen LogP contribution is -2.46. The van der Waals surface area contributed by atoms with Gasteiger partial charge in [0.05, 0.1) is 0 Å². The first kappa shape index (κ1) is 25.3. The zero-order valence-electron chi connectivity index (χ0n) is 12.4. The number of rotatable bonds is 0. The second-order valence-electron chi connectivity index (χ2n) is 5.42. The third-order valence-electron chi connectivity index (χ3n) is 3.68. The van der Waals surface area contributed by atoms with Crippen molar-refractivity contribution in [2.24, 2.45) is 0 Å². The molecule has 130 valence electrons. The van der Waals surface area contributed by atoms with Gasteiger partial charge in [0.2, 0.25) is 5.91 Å². The Hall–Kier alpha value is -0.650. The van der Waals surface area contributed by atoms with Gasteiger partial charge in [-0.05, 0) is 21.1 Å². The van der Waals surface area contributed by atoms with Crippen LogP contribution in [0.25, 0.3) is 0 Å². The van der Waals surface area contributed by atoms with Crippen LogP contribution in [0.2, 0.25) is 0 Å². The van der Waals surface area contributed by atoms with E-state index in [0.29, 0.717) is 0 Å². The lowest BCUT2D eigenvalue weighted by atomic mass is 10.3.